The average Bonchev–Trinajstić information content (AvgIpc) is 2.56. The number of nitrogens with one attached hydrogen (secondary N) is 1. The molecule has 0 aliphatic heterocycles. The van der Waals surface area contributed by atoms with E-state index in [-0.39, 0.29) is 11.3 Å². The summed E-state index contributed by atoms with van der Waals surface area (Å²) in [6.07, 6.45) is 2.42. The van der Waals surface area contributed by atoms with E-state index < -0.39 is 34.8 Å². The quantitative estimate of drug-likeness (QED) is 0.233. The van der Waals surface area contributed by atoms with E-state index in [2.05, 4.69) is 9.84 Å². The van der Waals surface area contributed by atoms with Crippen LogP contribution in [0.5, 0.6) is 5.75 Å². The topological polar surface area (TPSA) is 57.4 Å². The van der Waals surface area contributed by atoms with E-state index in [0.717, 1.165) is 6.21 Å². The maximum absolute atomic E-state index is 13.4. The van der Waals surface area contributed by atoms with Crippen molar-refractivity contribution in [3.63, 3.8) is 0 Å². The zero-order chi connectivity index (χ0) is 17.0. The molecule has 0 unspecified atom stereocenters. The highest BCUT2D eigenvalue weighted by Gasteiger charge is 2.25. The van der Waals surface area contributed by atoms with Gasteiger partial charge in [-0.15, -0.1) is 5.26 Å². The molecule has 1 N–H and O–H groups in total. The number of anilines is 1. The first-order valence-electron chi connectivity index (χ1n) is 5.92. The minimum Gasteiger partial charge on any atom is -0.387 e. The Hall–Kier alpha value is -3.15. The van der Waals surface area contributed by atoms with Crippen LogP contribution < -0.4 is 10.2 Å². The van der Waals surface area contributed by atoms with Gasteiger partial charge in [-0.05, 0) is 12.1 Å². The maximum atomic E-state index is 13.4. The molecular weight excluding hydrogens is 321 g/mol. The van der Waals surface area contributed by atoms with E-state index in [4.69, 9.17) is 5.26 Å². The van der Waals surface area contributed by atoms with Gasteiger partial charge >= 0.3 is 0 Å². The largest absolute Gasteiger partial charge is 0.387 e. The summed E-state index contributed by atoms with van der Waals surface area (Å²) in [6.45, 7) is 0. The second-order valence-corrected chi connectivity index (χ2v) is 4.05. The molecule has 0 radical (unpaired) electrons. The number of rotatable bonds is 4. The normalized spacial score (nSPS) is 10.6. The molecule has 4 nitrogen and oxygen atoms in total. The van der Waals surface area contributed by atoms with Crippen molar-refractivity contribution in [1.82, 2.24) is 0 Å². The molecule has 0 aliphatic carbocycles. The van der Waals surface area contributed by atoms with Gasteiger partial charge in [-0.3, -0.25) is 5.43 Å². The molecule has 118 valence electrons. The van der Waals surface area contributed by atoms with E-state index in [0.29, 0.717) is 0 Å². The molecule has 0 atom stereocenters. The summed E-state index contributed by atoms with van der Waals surface area (Å²) in [7, 11) is 0. The molecular formula is C14H6F5N3O. The average molecular weight is 327 g/mol. The number of hydrazone groups is 1. The van der Waals surface area contributed by atoms with Crippen molar-refractivity contribution in [3.05, 3.63) is 58.9 Å². The van der Waals surface area contributed by atoms with Crippen molar-refractivity contribution in [2.24, 2.45) is 5.10 Å². The van der Waals surface area contributed by atoms with Gasteiger partial charge in [0.1, 0.15) is 5.69 Å². The van der Waals surface area contributed by atoms with E-state index in [9.17, 15) is 22.0 Å². The van der Waals surface area contributed by atoms with Crippen LogP contribution in [0.25, 0.3) is 0 Å². The number of hydrogen-bond donors (Lipinski definition) is 1. The molecule has 0 aliphatic rings. The molecule has 2 aromatic carbocycles. The predicted octanol–water partition coefficient (Wildman–Crippen LogP) is 3.69. The Balaban J connectivity index is 2.31. The van der Waals surface area contributed by atoms with Crippen LogP contribution in [0.4, 0.5) is 27.6 Å². The summed E-state index contributed by atoms with van der Waals surface area (Å²) in [5.41, 5.74) is 0.688. The third kappa shape index (κ3) is 3.21. The molecule has 0 fully saturated rings. The maximum Gasteiger partial charge on any atom is 0.292 e. The summed E-state index contributed by atoms with van der Waals surface area (Å²) in [5.74, 6) is -10.4. The fraction of sp³-hybridized carbons (Fsp3) is 0. The Bertz CT molecular complexity index is 788. The molecule has 0 saturated carbocycles. The smallest absolute Gasteiger partial charge is 0.292 e. The molecule has 9 heteroatoms. The van der Waals surface area contributed by atoms with Crippen molar-refractivity contribution < 1.29 is 26.7 Å². The highest BCUT2D eigenvalue weighted by Crippen LogP contribution is 2.27. The van der Waals surface area contributed by atoms with Crippen LogP contribution in [0, 0.1) is 40.6 Å². The Morgan fingerprint density at radius 2 is 1.52 bits per heavy atom. The monoisotopic (exact) mass is 327 g/mol. The van der Waals surface area contributed by atoms with Crippen molar-refractivity contribution in [1.29, 1.82) is 5.26 Å². The number of benzene rings is 2. The number of halogens is 5. The van der Waals surface area contributed by atoms with Gasteiger partial charge < -0.3 is 4.74 Å². The zero-order valence-electron chi connectivity index (χ0n) is 11.1. The first-order chi connectivity index (χ1) is 11.0. The van der Waals surface area contributed by atoms with Crippen LogP contribution in [0.1, 0.15) is 5.56 Å². The van der Waals surface area contributed by atoms with Crippen LogP contribution in [-0.4, -0.2) is 6.21 Å². The van der Waals surface area contributed by atoms with Crippen LogP contribution in [0.3, 0.4) is 0 Å². The first-order valence-corrected chi connectivity index (χ1v) is 5.92. The van der Waals surface area contributed by atoms with E-state index >= 15 is 0 Å². The second kappa shape index (κ2) is 6.74. The van der Waals surface area contributed by atoms with Gasteiger partial charge in [0.25, 0.3) is 6.26 Å². The lowest BCUT2D eigenvalue weighted by Gasteiger charge is -2.07. The zero-order valence-corrected chi connectivity index (χ0v) is 11.1. The highest BCUT2D eigenvalue weighted by molar-refractivity contribution is 5.84. The van der Waals surface area contributed by atoms with Crippen molar-refractivity contribution >= 4 is 11.9 Å². The Morgan fingerprint density at radius 3 is 2.13 bits per heavy atom. The standard InChI is InChI=1S/C14H6F5N3O/c15-9-10(16)12(18)14(13(19)11(9)17)22-21-5-7-3-1-2-4-8(7)23-6-20/h1-5,22H/b21-5+. The van der Waals surface area contributed by atoms with Gasteiger partial charge in [0.2, 0.25) is 5.82 Å². The van der Waals surface area contributed by atoms with Crippen LogP contribution in [0.2, 0.25) is 0 Å². The molecule has 23 heavy (non-hydrogen) atoms. The summed E-state index contributed by atoms with van der Waals surface area (Å²) in [6, 6.07) is 5.99. The minimum atomic E-state index is -2.26. The number of nitriles is 1. The van der Waals surface area contributed by atoms with E-state index in [1.165, 1.54) is 18.4 Å². The van der Waals surface area contributed by atoms with Crippen LogP contribution in [-0.2, 0) is 0 Å². The summed E-state index contributed by atoms with van der Waals surface area (Å²) >= 11 is 0. The molecule has 2 aromatic rings. The molecule has 0 amide bonds. The third-order valence-corrected chi connectivity index (χ3v) is 2.66. The highest BCUT2D eigenvalue weighted by atomic mass is 19.2. The van der Waals surface area contributed by atoms with Crippen LogP contribution >= 0.6 is 0 Å². The minimum absolute atomic E-state index is 0.0953. The Morgan fingerprint density at radius 1 is 0.957 bits per heavy atom. The first kappa shape index (κ1) is 16.2. The van der Waals surface area contributed by atoms with Gasteiger partial charge in [-0.1, -0.05) is 12.1 Å². The molecule has 0 aromatic heterocycles. The fourth-order valence-electron chi connectivity index (χ4n) is 1.60. The molecule has 0 spiro atoms. The summed E-state index contributed by atoms with van der Waals surface area (Å²) in [5, 5.41) is 11.8. The Kier molecular flexibility index (Phi) is 4.75. The number of ether oxygens (including phenoxy) is 1. The fourth-order valence-corrected chi connectivity index (χ4v) is 1.60. The lowest BCUT2D eigenvalue weighted by atomic mass is 10.2. The van der Waals surface area contributed by atoms with E-state index in [1.807, 2.05) is 0 Å². The lowest BCUT2D eigenvalue weighted by Crippen LogP contribution is -2.06. The summed E-state index contributed by atoms with van der Waals surface area (Å²) in [4.78, 5) is 0. The van der Waals surface area contributed by atoms with Crippen molar-refractivity contribution in [3.8, 4) is 12.0 Å². The van der Waals surface area contributed by atoms with Gasteiger partial charge in [-0.25, -0.2) is 22.0 Å². The van der Waals surface area contributed by atoms with Crippen LogP contribution in [0.15, 0.2) is 29.4 Å². The van der Waals surface area contributed by atoms with Gasteiger partial charge in [0, 0.05) is 5.56 Å². The van der Waals surface area contributed by atoms with Crippen molar-refractivity contribution in [2.75, 3.05) is 5.43 Å². The second-order valence-electron chi connectivity index (χ2n) is 4.05. The molecule has 0 bridgehead atoms. The van der Waals surface area contributed by atoms with E-state index in [1.54, 1.807) is 17.6 Å². The summed E-state index contributed by atoms with van der Waals surface area (Å²) < 4.78 is 70.3. The molecule has 2 rings (SSSR count). The number of para-hydroxylation sites is 1. The molecule has 0 heterocycles. The predicted molar refractivity (Wildman–Crippen MR) is 70.1 cm³/mol. The van der Waals surface area contributed by atoms with Crippen molar-refractivity contribution in [2.45, 2.75) is 0 Å². The Labute approximate surface area is 126 Å². The number of nitrogens with zero attached hydrogens (tertiary/aromatic N) is 2. The van der Waals surface area contributed by atoms with Gasteiger partial charge in [0.05, 0.1) is 6.21 Å². The SMILES string of the molecule is N#COc1ccccc1/C=N/Nc1c(F)c(F)c(F)c(F)c1F. The van der Waals surface area contributed by atoms with Gasteiger partial charge in [-0.2, -0.15) is 5.10 Å². The van der Waals surface area contributed by atoms with Gasteiger partial charge in [0.15, 0.2) is 29.0 Å². The molecule has 0 saturated heterocycles. The number of hydrogen-bond acceptors (Lipinski definition) is 4. The lowest BCUT2D eigenvalue weighted by molar-refractivity contribution is 0.381. The third-order valence-electron chi connectivity index (χ3n) is 2.66.